The Kier molecular flexibility index (Phi) is 19.2. The van der Waals surface area contributed by atoms with Crippen LogP contribution in [0.4, 0.5) is 0 Å². The molecule has 320 valence electrons. The number of esters is 4. The zero-order valence-corrected chi connectivity index (χ0v) is 36.5. The number of carbonyl (C=O) groups excluding carboxylic acids is 4. The third kappa shape index (κ3) is 22.4. The summed E-state index contributed by atoms with van der Waals surface area (Å²) in [4.78, 5) is 61.3. The lowest BCUT2D eigenvalue weighted by Crippen LogP contribution is -2.54. The molecule has 0 spiro atoms. The van der Waals surface area contributed by atoms with Crippen LogP contribution in [0.5, 0.6) is 5.75 Å². The molecule has 1 atom stereocenters. The van der Waals surface area contributed by atoms with Gasteiger partial charge in [0.05, 0.1) is 32.8 Å². The Morgan fingerprint density at radius 2 is 0.946 bits per heavy atom. The lowest BCUT2D eigenvalue weighted by Gasteiger charge is -2.39. The van der Waals surface area contributed by atoms with Crippen molar-refractivity contribution < 1.29 is 42.9 Å². The maximum absolute atomic E-state index is 13.5. The highest BCUT2D eigenvalue weighted by atomic mass is 16.6. The van der Waals surface area contributed by atoms with Gasteiger partial charge in [-0.05, 0) is 120 Å². The van der Waals surface area contributed by atoms with E-state index in [2.05, 4.69) is 4.90 Å². The highest BCUT2D eigenvalue weighted by molar-refractivity contribution is 5.73. The van der Waals surface area contributed by atoms with Crippen molar-refractivity contribution in [3.05, 3.63) is 29.8 Å². The summed E-state index contributed by atoms with van der Waals surface area (Å²) in [5, 5.41) is 0. The average molecular weight is 792 g/mol. The van der Waals surface area contributed by atoms with Gasteiger partial charge < -0.3 is 29.4 Å². The predicted molar refractivity (Wildman–Crippen MR) is 217 cm³/mol. The first kappa shape index (κ1) is 48.8. The zero-order valence-electron chi connectivity index (χ0n) is 36.5. The molecule has 2 rings (SSSR count). The number of ether oxygens (including phenoxy) is 5. The van der Waals surface area contributed by atoms with E-state index in [0.717, 1.165) is 17.7 Å². The van der Waals surface area contributed by atoms with Crippen LogP contribution in [-0.2, 0) is 44.5 Å². The monoisotopic (exact) mass is 792 g/mol. The second-order valence-corrected chi connectivity index (χ2v) is 18.6. The van der Waals surface area contributed by atoms with Crippen LogP contribution >= 0.6 is 0 Å². The van der Waals surface area contributed by atoms with Crippen molar-refractivity contribution in [1.82, 2.24) is 19.6 Å². The number of hydrogen-bond donors (Lipinski definition) is 1. The molecule has 0 saturated carbocycles. The standard InChI is InChI=1S/C42H73N5O9/c1-39(2,3)53-35(48)28-44-19-20-45(29-36(49)54-40(4,5)6)23-24-47(31-38(51)56-42(10,11)12)33(26-32-14-16-34(17-15-32)52-25-13-18-43)27-46(22-21-44)30-37(50)55-41(7,8)9/h14-17,33H,13,18-31,43H2,1-12H3. The van der Waals surface area contributed by atoms with E-state index >= 15 is 0 Å². The van der Waals surface area contributed by atoms with E-state index in [1.54, 1.807) is 0 Å². The van der Waals surface area contributed by atoms with Crippen LogP contribution < -0.4 is 10.5 Å². The molecule has 1 saturated heterocycles. The van der Waals surface area contributed by atoms with Crippen molar-refractivity contribution in [3.63, 3.8) is 0 Å². The molecular weight excluding hydrogens is 718 g/mol. The molecule has 1 aliphatic heterocycles. The molecule has 0 aromatic heterocycles. The van der Waals surface area contributed by atoms with E-state index < -0.39 is 22.4 Å². The number of carbonyl (C=O) groups is 4. The summed E-state index contributed by atoms with van der Waals surface area (Å²) in [5.41, 5.74) is 3.96. The second kappa shape index (κ2) is 22.0. The van der Waals surface area contributed by atoms with Gasteiger partial charge in [0.25, 0.3) is 0 Å². The number of nitrogens with two attached hydrogens (primary N) is 1. The Bertz CT molecular complexity index is 1380. The molecule has 1 unspecified atom stereocenters. The lowest BCUT2D eigenvalue weighted by molar-refractivity contribution is -0.160. The molecule has 0 radical (unpaired) electrons. The fraction of sp³-hybridized carbons (Fsp3) is 0.762. The number of benzene rings is 1. The molecule has 2 N–H and O–H groups in total. The van der Waals surface area contributed by atoms with Crippen LogP contribution in [0.15, 0.2) is 24.3 Å². The minimum Gasteiger partial charge on any atom is -0.494 e. The van der Waals surface area contributed by atoms with Gasteiger partial charge in [-0.15, -0.1) is 0 Å². The first-order valence-electron chi connectivity index (χ1n) is 20.0. The van der Waals surface area contributed by atoms with E-state index in [4.69, 9.17) is 29.4 Å². The maximum Gasteiger partial charge on any atom is 0.320 e. The molecule has 0 amide bonds. The van der Waals surface area contributed by atoms with Crippen LogP contribution in [0.2, 0.25) is 0 Å². The molecule has 1 aromatic carbocycles. The van der Waals surface area contributed by atoms with Gasteiger partial charge in [-0.2, -0.15) is 0 Å². The number of hydrogen-bond acceptors (Lipinski definition) is 14. The molecule has 1 heterocycles. The van der Waals surface area contributed by atoms with E-state index in [-0.39, 0.29) is 56.1 Å². The summed E-state index contributed by atoms with van der Waals surface area (Å²) < 4.78 is 28.8. The lowest BCUT2D eigenvalue weighted by atomic mass is 10.0. The van der Waals surface area contributed by atoms with Crippen LogP contribution in [0.1, 0.15) is 95.1 Å². The first-order chi connectivity index (χ1) is 25.8. The zero-order chi connectivity index (χ0) is 42.3. The van der Waals surface area contributed by atoms with Gasteiger partial charge in [-0.25, -0.2) is 0 Å². The Morgan fingerprint density at radius 3 is 1.36 bits per heavy atom. The Morgan fingerprint density at radius 1 is 0.571 bits per heavy atom. The number of rotatable bonds is 14. The van der Waals surface area contributed by atoms with Gasteiger partial charge in [0.1, 0.15) is 28.2 Å². The topological polar surface area (TPSA) is 153 Å². The quantitative estimate of drug-likeness (QED) is 0.165. The van der Waals surface area contributed by atoms with E-state index in [1.807, 2.05) is 122 Å². The fourth-order valence-corrected chi connectivity index (χ4v) is 6.08. The molecule has 1 aliphatic rings. The first-order valence-corrected chi connectivity index (χ1v) is 20.0. The number of nitrogens with zero attached hydrogens (tertiary/aromatic N) is 4. The third-order valence-corrected chi connectivity index (χ3v) is 8.24. The molecule has 14 heteroatoms. The van der Waals surface area contributed by atoms with Crippen LogP contribution in [0, 0.1) is 0 Å². The van der Waals surface area contributed by atoms with E-state index in [1.165, 1.54) is 0 Å². The smallest absolute Gasteiger partial charge is 0.320 e. The van der Waals surface area contributed by atoms with Crippen molar-refractivity contribution in [2.75, 3.05) is 85.1 Å². The van der Waals surface area contributed by atoms with Crippen LogP contribution in [-0.4, -0.2) is 157 Å². The van der Waals surface area contributed by atoms with Gasteiger partial charge in [0.15, 0.2) is 0 Å². The molecule has 0 aliphatic carbocycles. The Hall–Kier alpha value is -3.30. The largest absolute Gasteiger partial charge is 0.494 e. The van der Waals surface area contributed by atoms with Gasteiger partial charge in [-0.1, -0.05) is 12.1 Å². The molecule has 1 fully saturated rings. The predicted octanol–water partition coefficient (Wildman–Crippen LogP) is 3.91. The van der Waals surface area contributed by atoms with Crippen molar-refractivity contribution >= 4 is 23.9 Å². The van der Waals surface area contributed by atoms with Crippen molar-refractivity contribution in [2.24, 2.45) is 5.73 Å². The maximum atomic E-state index is 13.5. The summed E-state index contributed by atoms with van der Waals surface area (Å²) in [5.74, 6) is -0.738. The van der Waals surface area contributed by atoms with Crippen LogP contribution in [0.25, 0.3) is 0 Å². The minimum absolute atomic E-state index is 0.00640. The van der Waals surface area contributed by atoms with E-state index in [9.17, 15) is 19.2 Å². The Labute approximate surface area is 336 Å². The van der Waals surface area contributed by atoms with Crippen LogP contribution in [0.3, 0.4) is 0 Å². The summed E-state index contributed by atoms with van der Waals surface area (Å²) in [6.07, 6.45) is 1.28. The average Bonchev–Trinajstić information content (AvgIpc) is 3.00. The Balaban J connectivity index is 2.61. The highest BCUT2D eigenvalue weighted by Gasteiger charge is 2.31. The van der Waals surface area contributed by atoms with Crippen molar-refractivity contribution in [3.8, 4) is 5.75 Å². The minimum atomic E-state index is -0.693. The van der Waals surface area contributed by atoms with E-state index in [0.29, 0.717) is 65.4 Å². The summed E-state index contributed by atoms with van der Waals surface area (Å²) in [6, 6.07) is 7.59. The van der Waals surface area contributed by atoms with Crippen molar-refractivity contribution in [1.29, 1.82) is 0 Å². The molecule has 0 bridgehead atoms. The molecule has 1 aromatic rings. The van der Waals surface area contributed by atoms with Gasteiger partial charge in [0.2, 0.25) is 0 Å². The molecule has 14 nitrogen and oxygen atoms in total. The van der Waals surface area contributed by atoms with Gasteiger partial charge >= 0.3 is 23.9 Å². The normalized spacial score (nSPS) is 18.0. The fourth-order valence-electron chi connectivity index (χ4n) is 6.08. The van der Waals surface area contributed by atoms with Crippen molar-refractivity contribution in [2.45, 2.75) is 124 Å². The van der Waals surface area contributed by atoms with Gasteiger partial charge in [0, 0.05) is 51.9 Å². The second-order valence-electron chi connectivity index (χ2n) is 18.6. The molecular formula is C42H73N5O9. The highest BCUT2D eigenvalue weighted by Crippen LogP contribution is 2.19. The third-order valence-electron chi connectivity index (χ3n) is 8.24. The SMILES string of the molecule is CC(C)(C)OC(=O)CN1CCN(CC(=O)OC(C)(C)C)CCN(CC(=O)OC(C)(C)C)C(Cc2ccc(OCCCN)cc2)CN(CC(=O)OC(C)(C)C)CC1. The van der Waals surface area contributed by atoms with Gasteiger partial charge in [-0.3, -0.25) is 38.8 Å². The summed E-state index contributed by atoms with van der Waals surface area (Å²) in [7, 11) is 0. The molecule has 56 heavy (non-hydrogen) atoms. The summed E-state index contributed by atoms with van der Waals surface area (Å²) >= 11 is 0. The summed E-state index contributed by atoms with van der Waals surface area (Å²) in [6.45, 7) is 26.1.